The number of halogens is 2. The maximum atomic E-state index is 13.5. The highest BCUT2D eigenvalue weighted by atomic mass is 35.5. The van der Waals surface area contributed by atoms with Crippen LogP contribution in [0.25, 0.3) is 0 Å². The Hall–Kier alpha value is -0.860. The molecule has 0 aromatic carbocycles. The quantitative estimate of drug-likeness (QED) is 0.776. The lowest BCUT2D eigenvalue weighted by molar-refractivity contribution is -0.145. The topological polar surface area (TPSA) is 62.6 Å². The lowest BCUT2D eigenvalue weighted by Crippen LogP contribution is -2.59. The smallest absolute Gasteiger partial charge is 0.250 e. The van der Waals surface area contributed by atoms with Crippen molar-refractivity contribution in [1.82, 2.24) is 24.9 Å². The average Bonchev–Trinajstić information content (AvgIpc) is 3.25. The molecule has 1 aromatic heterocycles. The standard InChI is InChI=1S/C19H31N5O2.2ClH/c25-18(19(4-7-20-8-5-19)24-9-1-6-21-24)23-12-10-22(11-13-23)16-17-2-14-26-15-3-17;;/h1,6,9,17,20H,2-5,7-8,10-16H2;2*1H. The molecule has 4 heterocycles. The van der Waals surface area contributed by atoms with E-state index in [4.69, 9.17) is 4.74 Å². The molecule has 0 saturated carbocycles. The van der Waals surface area contributed by atoms with E-state index in [2.05, 4.69) is 20.2 Å². The van der Waals surface area contributed by atoms with Crippen molar-refractivity contribution in [3.8, 4) is 0 Å². The van der Waals surface area contributed by atoms with Gasteiger partial charge in [0.1, 0.15) is 5.54 Å². The van der Waals surface area contributed by atoms with Crippen molar-refractivity contribution in [3.63, 3.8) is 0 Å². The number of piperidine rings is 1. The highest BCUT2D eigenvalue weighted by Gasteiger charge is 2.44. The Balaban J connectivity index is 0.00000140. The van der Waals surface area contributed by atoms with Crippen LogP contribution in [0, 0.1) is 5.92 Å². The van der Waals surface area contributed by atoms with E-state index in [9.17, 15) is 4.79 Å². The number of nitrogens with zero attached hydrogens (tertiary/aromatic N) is 4. The van der Waals surface area contributed by atoms with E-state index in [1.807, 2.05) is 16.9 Å². The van der Waals surface area contributed by atoms with Crippen molar-refractivity contribution in [2.24, 2.45) is 5.92 Å². The number of nitrogens with one attached hydrogen (secondary N) is 1. The molecule has 0 bridgehead atoms. The van der Waals surface area contributed by atoms with Gasteiger partial charge in [0.2, 0.25) is 0 Å². The second kappa shape index (κ2) is 10.8. The Bertz CT molecular complexity index is 581. The predicted molar refractivity (Wildman–Crippen MR) is 113 cm³/mol. The molecule has 4 rings (SSSR count). The molecule has 0 spiro atoms. The van der Waals surface area contributed by atoms with Gasteiger partial charge in [-0.1, -0.05) is 0 Å². The van der Waals surface area contributed by atoms with Crippen molar-refractivity contribution < 1.29 is 9.53 Å². The predicted octanol–water partition coefficient (Wildman–Crippen LogP) is 1.38. The van der Waals surface area contributed by atoms with Gasteiger partial charge in [-0.2, -0.15) is 5.10 Å². The van der Waals surface area contributed by atoms with Crippen LogP contribution in [0.4, 0.5) is 0 Å². The number of hydrogen-bond donors (Lipinski definition) is 1. The summed E-state index contributed by atoms with van der Waals surface area (Å²) in [5.74, 6) is 1.01. The van der Waals surface area contributed by atoms with Gasteiger partial charge < -0.3 is 15.0 Å². The molecule has 3 fully saturated rings. The minimum absolute atomic E-state index is 0. The first kappa shape index (κ1) is 23.4. The molecule has 1 N–H and O–H groups in total. The third kappa shape index (κ3) is 5.00. The molecule has 3 aliphatic rings. The number of hydrogen-bond acceptors (Lipinski definition) is 5. The molecular formula is C19H33Cl2N5O2. The Kier molecular flexibility index (Phi) is 9.02. The first-order chi connectivity index (χ1) is 12.8. The van der Waals surface area contributed by atoms with Crippen LogP contribution in [-0.2, 0) is 15.1 Å². The Morgan fingerprint density at radius 3 is 2.39 bits per heavy atom. The summed E-state index contributed by atoms with van der Waals surface area (Å²) in [4.78, 5) is 18.1. The number of amides is 1. The monoisotopic (exact) mass is 433 g/mol. The van der Waals surface area contributed by atoms with Crippen molar-refractivity contribution >= 4 is 30.7 Å². The summed E-state index contributed by atoms with van der Waals surface area (Å²) in [5.41, 5.74) is -0.502. The van der Waals surface area contributed by atoms with Gasteiger partial charge in [0.05, 0.1) is 0 Å². The summed E-state index contributed by atoms with van der Waals surface area (Å²) in [6.07, 6.45) is 7.71. The van der Waals surface area contributed by atoms with E-state index in [0.717, 1.165) is 77.8 Å². The van der Waals surface area contributed by atoms with Crippen molar-refractivity contribution in [1.29, 1.82) is 0 Å². The van der Waals surface area contributed by atoms with E-state index >= 15 is 0 Å². The van der Waals surface area contributed by atoms with Crippen LogP contribution in [0.1, 0.15) is 25.7 Å². The molecule has 28 heavy (non-hydrogen) atoms. The average molecular weight is 434 g/mol. The van der Waals surface area contributed by atoms with Gasteiger partial charge >= 0.3 is 0 Å². The van der Waals surface area contributed by atoms with Gasteiger partial charge in [0, 0.05) is 58.3 Å². The highest BCUT2D eigenvalue weighted by Crippen LogP contribution is 2.30. The number of carbonyl (C=O) groups excluding carboxylic acids is 1. The number of carbonyl (C=O) groups is 1. The van der Waals surface area contributed by atoms with Gasteiger partial charge in [-0.15, -0.1) is 24.8 Å². The lowest BCUT2D eigenvalue weighted by atomic mass is 9.86. The SMILES string of the molecule is Cl.Cl.O=C(N1CCN(CC2CCOCC2)CC1)C1(n2cccn2)CCNCC1. The normalized spacial score (nSPS) is 23.5. The first-order valence-corrected chi connectivity index (χ1v) is 10.1. The van der Waals surface area contributed by atoms with Crippen LogP contribution < -0.4 is 5.32 Å². The largest absolute Gasteiger partial charge is 0.381 e. The highest BCUT2D eigenvalue weighted by molar-refractivity contribution is 5.86. The molecule has 7 nitrogen and oxygen atoms in total. The third-order valence-electron chi connectivity index (χ3n) is 6.29. The minimum atomic E-state index is -0.502. The second-order valence-corrected chi connectivity index (χ2v) is 7.88. The van der Waals surface area contributed by atoms with E-state index < -0.39 is 5.54 Å². The minimum Gasteiger partial charge on any atom is -0.381 e. The van der Waals surface area contributed by atoms with Crippen molar-refractivity contribution in [2.75, 3.05) is 59.0 Å². The lowest BCUT2D eigenvalue weighted by Gasteiger charge is -2.43. The summed E-state index contributed by atoms with van der Waals surface area (Å²) in [6, 6.07) is 1.92. The van der Waals surface area contributed by atoms with E-state index in [0.29, 0.717) is 0 Å². The van der Waals surface area contributed by atoms with Crippen LogP contribution in [0.5, 0.6) is 0 Å². The van der Waals surface area contributed by atoms with E-state index in [1.165, 1.54) is 12.8 Å². The molecule has 0 aliphatic carbocycles. The Morgan fingerprint density at radius 2 is 1.79 bits per heavy atom. The van der Waals surface area contributed by atoms with Crippen LogP contribution >= 0.6 is 24.8 Å². The van der Waals surface area contributed by atoms with Crippen LogP contribution in [0.15, 0.2) is 18.5 Å². The Labute approximate surface area is 180 Å². The number of aromatic nitrogens is 2. The molecule has 1 amide bonds. The Morgan fingerprint density at radius 1 is 1.11 bits per heavy atom. The summed E-state index contributed by atoms with van der Waals surface area (Å²) in [5, 5.41) is 7.82. The number of ether oxygens (including phenoxy) is 1. The molecular weight excluding hydrogens is 401 g/mol. The zero-order chi connectivity index (χ0) is 17.8. The first-order valence-electron chi connectivity index (χ1n) is 10.1. The zero-order valence-corrected chi connectivity index (χ0v) is 18.1. The summed E-state index contributed by atoms with van der Waals surface area (Å²) >= 11 is 0. The van der Waals surface area contributed by atoms with Gasteiger partial charge in [0.25, 0.3) is 5.91 Å². The summed E-state index contributed by atoms with van der Waals surface area (Å²) in [6.45, 7) is 8.33. The third-order valence-corrected chi connectivity index (χ3v) is 6.29. The van der Waals surface area contributed by atoms with Crippen LogP contribution in [0.2, 0.25) is 0 Å². The molecule has 9 heteroatoms. The van der Waals surface area contributed by atoms with Crippen LogP contribution in [0.3, 0.4) is 0 Å². The fourth-order valence-electron chi connectivity index (χ4n) is 4.63. The van der Waals surface area contributed by atoms with Crippen molar-refractivity contribution in [3.05, 3.63) is 18.5 Å². The maximum Gasteiger partial charge on any atom is 0.250 e. The van der Waals surface area contributed by atoms with E-state index in [1.54, 1.807) is 6.20 Å². The maximum absolute atomic E-state index is 13.5. The van der Waals surface area contributed by atoms with Crippen molar-refractivity contribution in [2.45, 2.75) is 31.2 Å². The van der Waals surface area contributed by atoms with Gasteiger partial charge in [0.15, 0.2) is 0 Å². The molecule has 0 radical (unpaired) electrons. The number of rotatable bonds is 4. The molecule has 3 saturated heterocycles. The fourth-order valence-corrected chi connectivity index (χ4v) is 4.63. The molecule has 3 aliphatic heterocycles. The van der Waals surface area contributed by atoms with Gasteiger partial charge in [-0.25, -0.2) is 0 Å². The van der Waals surface area contributed by atoms with E-state index in [-0.39, 0.29) is 30.7 Å². The van der Waals surface area contributed by atoms with Gasteiger partial charge in [-0.05, 0) is 50.8 Å². The molecule has 0 atom stereocenters. The molecule has 1 aromatic rings. The van der Waals surface area contributed by atoms with Crippen LogP contribution in [-0.4, -0.2) is 84.5 Å². The summed E-state index contributed by atoms with van der Waals surface area (Å²) in [7, 11) is 0. The van der Waals surface area contributed by atoms with Gasteiger partial charge in [-0.3, -0.25) is 14.4 Å². The number of piperazine rings is 1. The molecule has 0 unspecified atom stereocenters. The fraction of sp³-hybridized carbons (Fsp3) is 0.789. The molecule has 160 valence electrons. The second-order valence-electron chi connectivity index (χ2n) is 7.88. The summed E-state index contributed by atoms with van der Waals surface area (Å²) < 4.78 is 7.37. The zero-order valence-electron chi connectivity index (χ0n) is 16.4.